The molecule has 6 heteroatoms. The van der Waals surface area contributed by atoms with Crippen LogP contribution in [0.3, 0.4) is 0 Å². The van der Waals surface area contributed by atoms with Crippen LogP contribution in [0.2, 0.25) is 0 Å². The number of hydrogen-bond acceptors (Lipinski definition) is 4. The molecule has 4 aromatic rings. The second-order valence-electron chi connectivity index (χ2n) is 9.73. The highest BCUT2D eigenvalue weighted by Gasteiger charge is 2.50. The number of imidazole rings is 1. The lowest BCUT2D eigenvalue weighted by atomic mass is 9.80. The third-order valence-corrected chi connectivity index (χ3v) is 9.13. The van der Waals surface area contributed by atoms with Crippen LogP contribution in [0.15, 0.2) is 65.7 Å². The van der Waals surface area contributed by atoms with Crippen molar-refractivity contribution in [2.45, 2.75) is 56.1 Å². The highest BCUT2D eigenvalue weighted by atomic mass is 33.1. The number of rotatable bonds is 5. The Morgan fingerprint density at radius 3 is 2.42 bits per heavy atom. The van der Waals surface area contributed by atoms with Gasteiger partial charge in [0.05, 0.1) is 17.6 Å². The zero-order valence-electron chi connectivity index (χ0n) is 19.6. The predicted molar refractivity (Wildman–Crippen MR) is 137 cm³/mol. The Kier molecular flexibility index (Phi) is 5.41. The van der Waals surface area contributed by atoms with Gasteiger partial charge in [0.15, 0.2) is 11.3 Å². The van der Waals surface area contributed by atoms with Crippen molar-refractivity contribution in [1.82, 2.24) is 9.97 Å². The normalized spacial score (nSPS) is 16.3. The van der Waals surface area contributed by atoms with Gasteiger partial charge in [0.25, 0.3) is 0 Å². The van der Waals surface area contributed by atoms with Crippen molar-refractivity contribution in [3.63, 3.8) is 0 Å². The molecule has 0 spiro atoms. The molecule has 0 saturated carbocycles. The second-order valence-corrected chi connectivity index (χ2v) is 12.1. The van der Waals surface area contributed by atoms with E-state index in [1.54, 1.807) is 10.8 Å². The number of aryl methyl sites for hydroxylation is 1. The molecular weight excluding hydrogens is 446 g/mol. The summed E-state index contributed by atoms with van der Waals surface area (Å²) in [5.41, 5.74) is 5.53. The fourth-order valence-electron chi connectivity index (χ4n) is 4.82. The van der Waals surface area contributed by atoms with Crippen LogP contribution in [0.25, 0.3) is 17.0 Å². The van der Waals surface area contributed by atoms with Crippen LogP contribution >= 0.6 is 21.6 Å². The number of aromatic amines is 1. The molecule has 4 nitrogen and oxygen atoms in total. The van der Waals surface area contributed by atoms with Crippen molar-refractivity contribution < 1.29 is 9.36 Å². The van der Waals surface area contributed by atoms with Crippen molar-refractivity contribution in [2.75, 3.05) is 0 Å². The number of nitrogens with zero attached hydrogens (tertiary/aromatic N) is 2. The molecule has 0 saturated heterocycles. The summed E-state index contributed by atoms with van der Waals surface area (Å²) >= 11 is 0. The van der Waals surface area contributed by atoms with Crippen LogP contribution in [0, 0.1) is 6.92 Å². The van der Waals surface area contributed by atoms with Gasteiger partial charge in [-0.15, -0.1) is 0 Å². The van der Waals surface area contributed by atoms with Gasteiger partial charge in [-0.3, -0.25) is 4.79 Å². The number of benzene rings is 2. The monoisotopic (exact) mass is 474 g/mol. The molecule has 0 radical (unpaired) electrons. The molecule has 1 aliphatic rings. The molecule has 2 aromatic heterocycles. The summed E-state index contributed by atoms with van der Waals surface area (Å²) in [5, 5.41) is 0. The first kappa shape index (κ1) is 22.2. The number of nitrogens with one attached hydrogen (secondary N) is 1. The van der Waals surface area contributed by atoms with E-state index in [1.165, 1.54) is 16.2 Å². The van der Waals surface area contributed by atoms with Crippen LogP contribution in [0.5, 0.6) is 0 Å². The number of H-pyrrole nitrogens is 1. The van der Waals surface area contributed by atoms with Crippen molar-refractivity contribution in [3.05, 3.63) is 83.2 Å². The molecule has 0 bridgehead atoms. The number of fused-ring (bicyclic) bond motifs is 2. The minimum atomic E-state index is -0.499. The first-order valence-corrected chi connectivity index (χ1v) is 13.5. The summed E-state index contributed by atoms with van der Waals surface area (Å²) in [6, 6.07) is 18.9. The average molecular weight is 475 g/mol. The van der Waals surface area contributed by atoms with Gasteiger partial charge in [0.1, 0.15) is 5.52 Å². The number of pyridine rings is 1. The number of hydrogen-bond donors (Lipinski definition) is 1. The summed E-state index contributed by atoms with van der Waals surface area (Å²) < 4.78 is 2.12. The van der Waals surface area contributed by atoms with Crippen molar-refractivity contribution in [3.8, 4) is 5.95 Å². The third-order valence-electron chi connectivity index (χ3n) is 6.71. The topological polar surface area (TPSA) is 49.6 Å². The number of carbonyl (C=O) groups excluding carboxylic acids is 1. The standard InChI is InChI=1S/C27H28N3OS2/c1-17-10-6-7-12-23(17)33-32-16-18-11-8-9-13-30(18)25-28-21-14-19-20(15-22(21)29-25)27(4,5)24(31)26(19,2)3/h6-15H,16H2,1-5H3,(H,28,29)/q+1. The fraction of sp³-hybridized carbons (Fsp3) is 0.296. The Hall–Kier alpha value is -2.57. The Morgan fingerprint density at radius 1 is 0.970 bits per heavy atom. The lowest BCUT2D eigenvalue weighted by Gasteiger charge is -2.21. The lowest BCUT2D eigenvalue weighted by Crippen LogP contribution is -2.36. The van der Waals surface area contributed by atoms with E-state index in [0.717, 1.165) is 33.9 Å². The number of carbonyl (C=O) groups is 1. The van der Waals surface area contributed by atoms with E-state index in [0.29, 0.717) is 0 Å². The number of ketones is 1. The van der Waals surface area contributed by atoms with Gasteiger partial charge in [-0.1, -0.05) is 50.8 Å². The SMILES string of the molecule is Cc1ccccc1SSCc1cccc[n+]1-c1nc2cc3c(cc2[nH]1)C(C)(C)C(=O)C3(C)C. The molecule has 33 heavy (non-hydrogen) atoms. The summed E-state index contributed by atoms with van der Waals surface area (Å²) in [7, 11) is 3.63. The summed E-state index contributed by atoms with van der Waals surface area (Å²) in [6.45, 7) is 10.2. The largest absolute Gasteiger partial charge is 0.402 e. The zero-order chi connectivity index (χ0) is 23.4. The molecular formula is C27H28N3OS2+. The molecule has 2 aromatic carbocycles. The summed E-state index contributed by atoms with van der Waals surface area (Å²) in [4.78, 5) is 22.7. The number of aromatic nitrogens is 3. The Labute approximate surface area is 202 Å². The van der Waals surface area contributed by atoms with Crippen molar-refractivity contribution >= 4 is 38.4 Å². The Balaban J connectivity index is 1.47. The molecule has 0 amide bonds. The van der Waals surface area contributed by atoms with E-state index in [1.807, 2.05) is 44.6 Å². The summed E-state index contributed by atoms with van der Waals surface area (Å²) in [5.74, 6) is 1.91. The van der Waals surface area contributed by atoms with E-state index in [9.17, 15) is 4.79 Å². The van der Waals surface area contributed by atoms with Gasteiger partial charge >= 0.3 is 5.95 Å². The van der Waals surface area contributed by atoms with Crippen LogP contribution < -0.4 is 4.57 Å². The molecule has 2 heterocycles. The van der Waals surface area contributed by atoms with Gasteiger partial charge in [0, 0.05) is 15.7 Å². The molecule has 0 fully saturated rings. The third kappa shape index (κ3) is 3.69. The van der Waals surface area contributed by atoms with E-state index in [-0.39, 0.29) is 5.78 Å². The second kappa shape index (κ2) is 8.03. The van der Waals surface area contributed by atoms with Crippen LogP contribution in [0.1, 0.15) is 50.1 Å². The summed E-state index contributed by atoms with van der Waals surface area (Å²) in [6.07, 6.45) is 2.05. The van der Waals surface area contributed by atoms with Gasteiger partial charge in [-0.05, 0) is 81.6 Å². The average Bonchev–Trinajstić information content (AvgIpc) is 3.27. The number of Topliss-reactive ketones (excluding diaryl/α,β-unsaturated/α-hetero) is 1. The van der Waals surface area contributed by atoms with Crippen molar-refractivity contribution in [2.24, 2.45) is 0 Å². The highest BCUT2D eigenvalue weighted by Crippen LogP contribution is 2.47. The zero-order valence-corrected chi connectivity index (χ0v) is 21.2. The maximum Gasteiger partial charge on any atom is 0.402 e. The van der Waals surface area contributed by atoms with Crippen LogP contribution in [-0.4, -0.2) is 15.8 Å². The molecule has 168 valence electrons. The Morgan fingerprint density at radius 2 is 1.67 bits per heavy atom. The lowest BCUT2D eigenvalue weighted by molar-refractivity contribution is -0.610. The Bertz CT molecular complexity index is 1330. The van der Waals surface area contributed by atoms with Gasteiger partial charge in [-0.2, -0.15) is 0 Å². The maximum absolute atomic E-state index is 13.0. The molecule has 5 rings (SSSR count). The van der Waals surface area contributed by atoms with Gasteiger partial charge < -0.3 is 0 Å². The molecule has 1 N–H and O–H groups in total. The van der Waals surface area contributed by atoms with Crippen LogP contribution in [0.4, 0.5) is 0 Å². The fourth-order valence-corrected chi connectivity index (χ4v) is 7.18. The predicted octanol–water partition coefficient (Wildman–Crippen LogP) is 6.23. The van der Waals surface area contributed by atoms with E-state index < -0.39 is 10.8 Å². The molecule has 0 unspecified atom stereocenters. The smallest absolute Gasteiger partial charge is 0.298 e. The van der Waals surface area contributed by atoms with E-state index >= 15 is 0 Å². The first-order valence-electron chi connectivity index (χ1n) is 11.1. The van der Waals surface area contributed by atoms with Crippen LogP contribution in [-0.2, 0) is 21.4 Å². The molecule has 0 aliphatic heterocycles. The maximum atomic E-state index is 13.0. The molecule has 1 aliphatic carbocycles. The van der Waals surface area contributed by atoms with E-state index in [2.05, 4.69) is 71.2 Å². The quantitative estimate of drug-likeness (QED) is 0.275. The van der Waals surface area contributed by atoms with E-state index in [4.69, 9.17) is 4.98 Å². The van der Waals surface area contributed by atoms with Gasteiger partial charge in [-0.25, -0.2) is 9.55 Å². The van der Waals surface area contributed by atoms with Gasteiger partial charge in [0.2, 0.25) is 0 Å². The first-order chi connectivity index (χ1) is 15.7. The minimum Gasteiger partial charge on any atom is -0.298 e. The molecule has 0 atom stereocenters. The highest BCUT2D eigenvalue weighted by molar-refractivity contribution is 8.76. The minimum absolute atomic E-state index is 0.265. The van der Waals surface area contributed by atoms with Crippen molar-refractivity contribution in [1.29, 1.82) is 0 Å².